The third-order valence-electron chi connectivity index (χ3n) is 7.20. The number of aromatic nitrogens is 1. The molecule has 1 aromatic heterocycles. The predicted molar refractivity (Wildman–Crippen MR) is 163 cm³/mol. The minimum atomic E-state index is -0.949. The number of rotatable bonds is 16. The summed E-state index contributed by atoms with van der Waals surface area (Å²) in [7, 11) is 3.22. The second-order valence-corrected chi connectivity index (χ2v) is 11.9. The van der Waals surface area contributed by atoms with Gasteiger partial charge in [0.25, 0.3) is 5.91 Å². The summed E-state index contributed by atoms with van der Waals surface area (Å²) in [6, 6.07) is 6.50. The van der Waals surface area contributed by atoms with Crippen molar-refractivity contribution in [1.29, 1.82) is 0 Å². The third-order valence-corrected chi connectivity index (χ3v) is 8.14. The maximum atomic E-state index is 13.3. The number of amides is 3. The summed E-state index contributed by atoms with van der Waals surface area (Å²) in [6.45, 7) is 7.64. The second kappa shape index (κ2) is 16.7. The van der Waals surface area contributed by atoms with Gasteiger partial charge in [-0.25, -0.2) is 9.78 Å². The lowest BCUT2D eigenvalue weighted by molar-refractivity contribution is -0.141. The van der Waals surface area contributed by atoms with Crippen LogP contribution in [-0.2, 0) is 20.7 Å². The van der Waals surface area contributed by atoms with Crippen molar-refractivity contribution in [1.82, 2.24) is 20.5 Å². The number of nitrogen functional groups attached to an aromatic ring is 1. The van der Waals surface area contributed by atoms with Crippen LogP contribution in [0.4, 0.5) is 10.5 Å². The van der Waals surface area contributed by atoms with Gasteiger partial charge in [0, 0.05) is 50.1 Å². The minimum absolute atomic E-state index is 0.0242. The third kappa shape index (κ3) is 10.6. The van der Waals surface area contributed by atoms with E-state index in [0.717, 1.165) is 18.4 Å². The van der Waals surface area contributed by atoms with Crippen molar-refractivity contribution >= 4 is 40.9 Å². The largest absolute Gasteiger partial charge is 0.481 e. The quantitative estimate of drug-likeness (QED) is 0.202. The molecule has 42 heavy (non-hydrogen) atoms. The molecule has 1 aromatic carbocycles. The van der Waals surface area contributed by atoms with Gasteiger partial charge in [-0.05, 0) is 42.9 Å². The number of thiazole rings is 1. The molecule has 1 heterocycles. The number of hydrogen-bond acceptors (Lipinski definition) is 8. The second-order valence-electron chi connectivity index (χ2n) is 11.0. The molecule has 12 heteroatoms. The van der Waals surface area contributed by atoms with Gasteiger partial charge >= 0.3 is 12.1 Å². The number of nitrogens with two attached hydrogens (primary N) is 1. The monoisotopic (exact) mass is 603 g/mol. The van der Waals surface area contributed by atoms with E-state index in [1.54, 1.807) is 36.4 Å². The molecule has 2 aromatic rings. The van der Waals surface area contributed by atoms with Crippen LogP contribution in [0.5, 0.6) is 0 Å². The topological polar surface area (TPSA) is 164 Å². The standard InChI is InChI=1S/C30H45N5O6S/c1-7-8-9-26(36)35(6)24(18(2)3)16-25(41-30(40)32-5)28-34-23(17-42-28)27(37)33-22(14-19(4)29(38)39)15-20-10-12-21(31)13-11-20/h10-13,17-19,22,24-25H,7-9,14-16,31H2,1-6H3,(H,32,40)(H,33,37)(H,38,39)/t19-,22+,24?,25?/m0/s1. The number of carboxylic acids is 1. The smallest absolute Gasteiger partial charge is 0.407 e. The van der Waals surface area contributed by atoms with E-state index in [0.29, 0.717) is 30.0 Å². The van der Waals surface area contributed by atoms with E-state index in [9.17, 15) is 24.3 Å². The lowest BCUT2D eigenvalue weighted by atomic mass is 9.95. The van der Waals surface area contributed by atoms with Gasteiger partial charge in [-0.1, -0.05) is 46.2 Å². The zero-order chi connectivity index (χ0) is 31.4. The molecule has 0 aliphatic rings. The molecule has 0 saturated carbocycles. The van der Waals surface area contributed by atoms with E-state index in [1.807, 2.05) is 32.9 Å². The summed E-state index contributed by atoms with van der Waals surface area (Å²) in [5.74, 6) is -1.98. The molecule has 2 rings (SSSR count). The zero-order valence-corrected chi connectivity index (χ0v) is 26.2. The van der Waals surface area contributed by atoms with Crippen LogP contribution in [0.1, 0.15) is 87.0 Å². The summed E-state index contributed by atoms with van der Waals surface area (Å²) < 4.78 is 5.67. The van der Waals surface area contributed by atoms with Gasteiger partial charge in [0.05, 0.1) is 5.92 Å². The Labute approximate surface area is 252 Å². The summed E-state index contributed by atoms with van der Waals surface area (Å²) in [6.07, 6.45) is 1.66. The van der Waals surface area contributed by atoms with E-state index >= 15 is 0 Å². The van der Waals surface area contributed by atoms with E-state index in [2.05, 4.69) is 15.6 Å². The number of carboxylic acid groups (broad SMARTS) is 1. The van der Waals surface area contributed by atoms with Crippen LogP contribution in [0.15, 0.2) is 29.6 Å². The van der Waals surface area contributed by atoms with Crippen molar-refractivity contribution in [3.05, 3.63) is 45.9 Å². The number of carbonyl (C=O) groups excluding carboxylic acids is 3. The van der Waals surface area contributed by atoms with E-state index in [4.69, 9.17) is 10.5 Å². The first-order valence-corrected chi connectivity index (χ1v) is 15.2. The van der Waals surface area contributed by atoms with Crippen molar-refractivity contribution in [2.75, 3.05) is 19.8 Å². The first-order valence-electron chi connectivity index (χ1n) is 14.3. The molecule has 4 atom stereocenters. The highest BCUT2D eigenvalue weighted by Crippen LogP contribution is 2.30. The molecule has 5 N–H and O–H groups in total. The summed E-state index contributed by atoms with van der Waals surface area (Å²) in [4.78, 5) is 56.1. The molecular formula is C30H45N5O6S. The highest BCUT2D eigenvalue weighted by atomic mass is 32.1. The summed E-state index contributed by atoms with van der Waals surface area (Å²) >= 11 is 1.19. The van der Waals surface area contributed by atoms with Crippen molar-refractivity contribution in [3.8, 4) is 0 Å². The Morgan fingerprint density at radius 2 is 1.79 bits per heavy atom. The number of nitrogens with one attached hydrogen (secondary N) is 2. The minimum Gasteiger partial charge on any atom is -0.481 e. The number of unbranched alkanes of at least 4 members (excludes halogenated alkanes) is 1. The van der Waals surface area contributed by atoms with Crippen LogP contribution in [0.3, 0.4) is 0 Å². The Kier molecular flexibility index (Phi) is 13.7. The lowest BCUT2D eigenvalue weighted by Crippen LogP contribution is -2.42. The number of carbonyl (C=O) groups is 4. The molecule has 232 valence electrons. The number of benzene rings is 1. The first-order chi connectivity index (χ1) is 19.9. The van der Waals surface area contributed by atoms with E-state index in [-0.39, 0.29) is 30.0 Å². The number of nitrogens with zero attached hydrogens (tertiary/aromatic N) is 2. The molecule has 0 aliphatic carbocycles. The number of anilines is 1. The van der Waals surface area contributed by atoms with Gasteiger partial charge in [0.2, 0.25) is 5.91 Å². The molecule has 0 bridgehead atoms. The molecule has 3 amide bonds. The Bertz CT molecular complexity index is 1190. The van der Waals surface area contributed by atoms with Crippen molar-refractivity contribution in [3.63, 3.8) is 0 Å². The number of alkyl carbamates (subject to hydrolysis) is 1. The maximum Gasteiger partial charge on any atom is 0.407 e. The molecule has 0 spiro atoms. The normalized spacial score (nSPS) is 14.0. The predicted octanol–water partition coefficient (Wildman–Crippen LogP) is 4.64. The number of hydrogen-bond donors (Lipinski definition) is 4. The van der Waals surface area contributed by atoms with Crippen molar-refractivity contribution in [2.45, 2.75) is 84.4 Å². The molecule has 0 saturated heterocycles. The number of ether oxygens (including phenoxy) is 1. The van der Waals surface area contributed by atoms with Crippen LogP contribution in [0, 0.1) is 11.8 Å². The fourth-order valence-electron chi connectivity index (χ4n) is 4.63. The molecule has 0 radical (unpaired) electrons. The van der Waals surface area contributed by atoms with Gasteiger partial charge in [0.15, 0.2) is 6.10 Å². The van der Waals surface area contributed by atoms with Crippen LogP contribution in [-0.4, -0.2) is 65.0 Å². The number of aliphatic carboxylic acids is 1. The van der Waals surface area contributed by atoms with E-state index < -0.39 is 36.0 Å². The fraction of sp³-hybridized carbons (Fsp3) is 0.567. The molecular weight excluding hydrogens is 558 g/mol. The molecule has 2 unspecified atom stereocenters. The van der Waals surface area contributed by atoms with Gasteiger partial charge in [-0.15, -0.1) is 11.3 Å². The first kappa shape index (κ1) is 34.5. The zero-order valence-electron chi connectivity index (χ0n) is 25.4. The van der Waals surface area contributed by atoms with Crippen LogP contribution < -0.4 is 16.4 Å². The van der Waals surface area contributed by atoms with Crippen molar-refractivity contribution in [2.24, 2.45) is 11.8 Å². The molecule has 0 aliphatic heterocycles. The highest BCUT2D eigenvalue weighted by molar-refractivity contribution is 7.09. The lowest BCUT2D eigenvalue weighted by Gasteiger charge is -2.33. The SMILES string of the molecule is CCCCC(=O)N(C)C(CC(OC(=O)NC)c1nc(C(=O)N[C@@H](Cc2ccc(N)cc2)C[C@H](C)C(=O)O)cs1)C(C)C. The van der Waals surface area contributed by atoms with Crippen LogP contribution >= 0.6 is 11.3 Å². The van der Waals surface area contributed by atoms with Crippen LogP contribution in [0.25, 0.3) is 0 Å². The average Bonchev–Trinajstić information content (AvgIpc) is 3.44. The Morgan fingerprint density at radius 1 is 1.12 bits per heavy atom. The Morgan fingerprint density at radius 3 is 2.36 bits per heavy atom. The molecule has 11 nitrogen and oxygen atoms in total. The highest BCUT2D eigenvalue weighted by Gasteiger charge is 2.31. The van der Waals surface area contributed by atoms with Gasteiger partial charge in [-0.3, -0.25) is 14.4 Å². The Balaban J connectivity index is 2.27. The van der Waals surface area contributed by atoms with Gasteiger partial charge in [0.1, 0.15) is 10.7 Å². The summed E-state index contributed by atoms with van der Waals surface area (Å²) in [5, 5.41) is 16.9. The molecule has 0 fully saturated rings. The fourth-order valence-corrected chi connectivity index (χ4v) is 5.47. The van der Waals surface area contributed by atoms with Crippen molar-refractivity contribution < 1.29 is 29.0 Å². The Hall–Kier alpha value is -3.67. The van der Waals surface area contributed by atoms with Crippen LogP contribution in [0.2, 0.25) is 0 Å². The van der Waals surface area contributed by atoms with E-state index in [1.165, 1.54) is 18.4 Å². The van der Waals surface area contributed by atoms with Gasteiger partial charge < -0.3 is 31.1 Å². The summed E-state index contributed by atoms with van der Waals surface area (Å²) in [5.41, 5.74) is 7.44. The average molecular weight is 604 g/mol. The maximum absolute atomic E-state index is 13.3. The van der Waals surface area contributed by atoms with Gasteiger partial charge in [-0.2, -0.15) is 0 Å².